The maximum Gasteiger partial charge on any atom is 0.339 e. The molecular formula is C17H23N3O2. The molecule has 5 nitrogen and oxygen atoms in total. The summed E-state index contributed by atoms with van der Waals surface area (Å²) in [7, 11) is 1.40. The lowest BCUT2D eigenvalue weighted by Gasteiger charge is -2.31. The molecule has 0 amide bonds. The SMILES string of the molecule is CCN1CCCC(Cc2cn3cc(C(=O)OC)ccc3n2)C1. The third kappa shape index (κ3) is 3.14. The predicted octanol–water partition coefficient (Wildman–Crippen LogP) is 2.40. The van der Waals surface area contributed by atoms with Crippen LogP contribution in [0.5, 0.6) is 0 Å². The Labute approximate surface area is 130 Å². The fraction of sp³-hybridized carbons (Fsp3) is 0.529. The first-order valence-corrected chi connectivity index (χ1v) is 7.98. The van der Waals surface area contributed by atoms with Gasteiger partial charge in [0.25, 0.3) is 0 Å². The molecule has 0 aliphatic carbocycles. The van der Waals surface area contributed by atoms with Crippen LogP contribution in [-0.4, -0.2) is 47.0 Å². The molecular weight excluding hydrogens is 278 g/mol. The first-order valence-electron chi connectivity index (χ1n) is 7.98. The van der Waals surface area contributed by atoms with Crippen molar-refractivity contribution in [2.75, 3.05) is 26.7 Å². The van der Waals surface area contributed by atoms with Crippen molar-refractivity contribution >= 4 is 11.6 Å². The summed E-state index contributed by atoms with van der Waals surface area (Å²) in [6.07, 6.45) is 7.38. The number of carbonyl (C=O) groups excluding carboxylic acids is 1. The second-order valence-corrected chi connectivity index (χ2v) is 6.01. The number of rotatable bonds is 4. The third-order valence-corrected chi connectivity index (χ3v) is 4.47. The van der Waals surface area contributed by atoms with Gasteiger partial charge in [-0.2, -0.15) is 0 Å². The highest BCUT2D eigenvalue weighted by Crippen LogP contribution is 2.21. The van der Waals surface area contributed by atoms with Crippen molar-refractivity contribution in [3.8, 4) is 0 Å². The van der Waals surface area contributed by atoms with Crippen LogP contribution in [0.3, 0.4) is 0 Å². The Hall–Kier alpha value is -1.88. The molecule has 1 fully saturated rings. The highest BCUT2D eigenvalue weighted by atomic mass is 16.5. The summed E-state index contributed by atoms with van der Waals surface area (Å²) in [6, 6.07) is 3.63. The van der Waals surface area contributed by atoms with E-state index < -0.39 is 0 Å². The number of carbonyl (C=O) groups is 1. The molecule has 0 saturated carbocycles. The van der Waals surface area contributed by atoms with Gasteiger partial charge in [0.05, 0.1) is 18.4 Å². The number of esters is 1. The first-order chi connectivity index (χ1) is 10.7. The summed E-state index contributed by atoms with van der Waals surface area (Å²) in [5.41, 5.74) is 2.53. The van der Waals surface area contributed by atoms with Gasteiger partial charge >= 0.3 is 5.97 Å². The van der Waals surface area contributed by atoms with Gasteiger partial charge < -0.3 is 14.0 Å². The van der Waals surface area contributed by atoms with E-state index in [1.165, 1.54) is 26.5 Å². The molecule has 0 spiro atoms. The maximum atomic E-state index is 11.6. The minimum atomic E-state index is -0.317. The average Bonchev–Trinajstić information content (AvgIpc) is 2.95. The van der Waals surface area contributed by atoms with Gasteiger partial charge in [0.15, 0.2) is 0 Å². The van der Waals surface area contributed by atoms with Crippen LogP contribution in [0, 0.1) is 5.92 Å². The van der Waals surface area contributed by atoms with Gasteiger partial charge in [0.1, 0.15) is 5.65 Å². The smallest absolute Gasteiger partial charge is 0.339 e. The van der Waals surface area contributed by atoms with E-state index in [4.69, 9.17) is 4.74 Å². The van der Waals surface area contributed by atoms with Gasteiger partial charge in [-0.3, -0.25) is 0 Å². The Bertz CT molecular complexity index is 665. The number of hydrogen-bond acceptors (Lipinski definition) is 4. The molecule has 2 aromatic heterocycles. The molecule has 5 heteroatoms. The summed E-state index contributed by atoms with van der Waals surface area (Å²) in [4.78, 5) is 18.8. The van der Waals surface area contributed by atoms with E-state index in [1.807, 2.05) is 16.7 Å². The van der Waals surface area contributed by atoms with Crippen molar-refractivity contribution in [1.29, 1.82) is 0 Å². The van der Waals surface area contributed by atoms with Crippen LogP contribution in [0.2, 0.25) is 0 Å². The summed E-state index contributed by atoms with van der Waals surface area (Å²) in [6.45, 7) is 5.74. The van der Waals surface area contributed by atoms with Gasteiger partial charge in [0, 0.05) is 18.9 Å². The van der Waals surface area contributed by atoms with Crippen LogP contribution in [0.4, 0.5) is 0 Å². The Balaban J connectivity index is 1.75. The van der Waals surface area contributed by atoms with Crippen molar-refractivity contribution < 1.29 is 9.53 Å². The number of hydrogen-bond donors (Lipinski definition) is 0. The molecule has 0 bridgehead atoms. The molecule has 22 heavy (non-hydrogen) atoms. The number of piperidine rings is 1. The standard InChI is InChI=1S/C17H23N3O2/c1-3-19-8-4-5-13(10-19)9-15-12-20-11-14(17(21)22-2)6-7-16(20)18-15/h6-7,11-13H,3-5,8-10H2,1-2H3. The Morgan fingerprint density at radius 3 is 3.05 bits per heavy atom. The minimum absolute atomic E-state index is 0.317. The van der Waals surface area contributed by atoms with Crippen molar-refractivity contribution in [3.05, 3.63) is 35.8 Å². The van der Waals surface area contributed by atoms with Crippen LogP contribution >= 0.6 is 0 Å². The largest absolute Gasteiger partial charge is 0.465 e. The Morgan fingerprint density at radius 1 is 1.41 bits per heavy atom. The number of pyridine rings is 1. The number of likely N-dealkylation sites (tertiary alicyclic amines) is 1. The third-order valence-electron chi connectivity index (χ3n) is 4.47. The summed E-state index contributed by atoms with van der Waals surface area (Å²) < 4.78 is 6.68. The molecule has 0 N–H and O–H groups in total. The van der Waals surface area contributed by atoms with Gasteiger partial charge in [-0.1, -0.05) is 6.92 Å². The number of imidazole rings is 1. The molecule has 0 radical (unpaired) electrons. The molecule has 2 aromatic rings. The lowest BCUT2D eigenvalue weighted by atomic mass is 9.94. The Kier molecular flexibility index (Phi) is 4.43. The topological polar surface area (TPSA) is 46.8 Å². The molecule has 1 aliphatic heterocycles. The van der Waals surface area contributed by atoms with Crippen LogP contribution in [0.25, 0.3) is 5.65 Å². The lowest BCUT2D eigenvalue weighted by molar-refractivity contribution is 0.0600. The fourth-order valence-electron chi connectivity index (χ4n) is 3.28. The van der Waals surface area contributed by atoms with Crippen molar-refractivity contribution in [2.24, 2.45) is 5.92 Å². The zero-order chi connectivity index (χ0) is 15.5. The molecule has 1 unspecified atom stereocenters. The number of aromatic nitrogens is 2. The van der Waals surface area contributed by atoms with Crippen LogP contribution in [-0.2, 0) is 11.2 Å². The van der Waals surface area contributed by atoms with E-state index in [-0.39, 0.29) is 5.97 Å². The van der Waals surface area contributed by atoms with E-state index in [1.54, 1.807) is 12.3 Å². The Morgan fingerprint density at radius 2 is 2.27 bits per heavy atom. The number of nitrogens with zero attached hydrogens (tertiary/aromatic N) is 3. The van der Waals surface area contributed by atoms with Crippen molar-refractivity contribution in [3.63, 3.8) is 0 Å². The maximum absolute atomic E-state index is 11.6. The molecule has 1 saturated heterocycles. The van der Waals surface area contributed by atoms with E-state index in [2.05, 4.69) is 16.8 Å². The van der Waals surface area contributed by atoms with Gasteiger partial charge in [0.2, 0.25) is 0 Å². The van der Waals surface area contributed by atoms with Crippen molar-refractivity contribution in [2.45, 2.75) is 26.2 Å². The zero-order valence-electron chi connectivity index (χ0n) is 13.3. The summed E-state index contributed by atoms with van der Waals surface area (Å²) in [5, 5.41) is 0. The number of ether oxygens (including phenoxy) is 1. The van der Waals surface area contributed by atoms with E-state index in [0.717, 1.165) is 30.9 Å². The van der Waals surface area contributed by atoms with Gasteiger partial charge in [-0.25, -0.2) is 9.78 Å². The minimum Gasteiger partial charge on any atom is -0.465 e. The molecule has 1 atom stereocenters. The quantitative estimate of drug-likeness (QED) is 0.814. The molecule has 3 heterocycles. The highest BCUT2D eigenvalue weighted by molar-refractivity contribution is 5.89. The number of methoxy groups -OCH3 is 1. The predicted molar refractivity (Wildman–Crippen MR) is 85.1 cm³/mol. The molecule has 118 valence electrons. The monoisotopic (exact) mass is 301 g/mol. The second-order valence-electron chi connectivity index (χ2n) is 6.01. The second kappa shape index (κ2) is 6.48. The van der Waals surface area contributed by atoms with E-state index in [9.17, 15) is 4.79 Å². The van der Waals surface area contributed by atoms with Crippen LogP contribution in [0.1, 0.15) is 35.8 Å². The van der Waals surface area contributed by atoms with Crippen LogP contribution < -0.4 is 0 Å². The molecule has 0 aromatic carbocycles. The van der Waals surface area contributed by atoms with Crippen LogP contribution in [0.15, 0.2) is 24.5 Å². The fourth-order valence-corrected chi connectivity index (χ4v) is 3.28. The molecule has 1 aliphatic rings. The van der Waals surface area contributed by atoms with Gasteiger partial charge in [-0.05, 0) is 50.4 Å². The van der Waals surface area contributed by atoms with Gasteiger partial charge in [-0.15, -0.1) is 0 Å². The lowest BCUT2D eigenvalue weighted by Crippen LogP contribution is -2.35. The van der Waals surface area contributed by atoms with Crippen molar-refractivity contribution in [1.82, 2.24) is 14.3 Å². The highest BCUT2D eigenvalue weighted by Gasteiger charge is 2.20. The van der Waals surface area contributed by atoms with E-state index >= 15 is 0 Å². The zero-order valence-corrected chi connectivity index (χ0v) is 13.3. The normalized spacial score (nSPS) is 19.5. The number of fused-ring (bicyclic) bond motifs is 1. The summed E-state index contributed by atoms with van der Waals surface area (Å²) in [5.74, 6) is 0.363. The summed E-state index contributed by atoms with van der Waals surface area (Å²) >= 11 is 0. The first kappa shape index (κ1) is 15.0. The van der Waals surface area contributed by atoms with E-state index in [0.29, 0.717) is 11.5 Å². The molecule has 3 rings (SSSR count). The average molecular weight is 301 g/mol.